The van der Waals surface area contributed by atoms with Gasteiger partial charge in [0.05, 0.1) is 17.5 Å². The molecule has 6 nitrogen and oxygen atoms in total. The van der Waals surface area contributed by atoms with E-state index in [2.05, 4.69) is 33.7 Å². The van der Waals surface area contributed by atoms with Gasteiger partial charge in [0, 0.05) is 6.42 Å². The summed E-state index contributed by atoms with van der Waals surface area (Å²) in [5.74, 6) is 1.21. The number of aliphatic imine (C=N–C) groups is 1. The number of benzene rings is 1. The van der Waals surface area contributed by atoms with Gasteiger partial charge in [0.1, 0.15) is 11.4 Å². The van der Waals surface area contributed by atoms with Crippen LogP contribution in [0, 0.1) is 5.41 Å². The van der Waals surface area contributed by atoms with Crippen LogP contribution in [0.5, 0.6) is 0 Å². The maximum Gasteiger partial charge on any atom is 0.212 e. The molecule has 1 saturated carbocycles. The maximum atomic E-state index is 12.4. The first kappa shape index (κ1) is 13.3. The fraction of sp³-hybridized carbons (Fsp3) is 0.438. The molecule has 1 aromatic carbocycles. The zero-order chi connectivity index (χ0) is 15.5. The Morgan fingerprint density at radius 2 is 2.05 bits per heavy atom. The van der Waals surface area contributed by atoms with Crippen molar-refractivity contribution >= 4 is 28.7 Å². The summed E-state index contributed by atoms with van der Waals surface area (Å²) in [5, 5.41) is 3.03. The minimum atomic E-state index is -0.667. The van der Waals surface area contributed by atoms with Gasteiger partial charge in [-0.25, -0.2) is 9.98 Å². The van der Waals surface area contributed by atoms with Crippen molar-refractivity contribution < 1.29 is 4.79 Å². The smallest absolute Gasteiger partial charge is 0.212 e. The Labute approximate surface area is 128 Å². The van der Waals surface area contributed by atoms with E-state index in [1.54, 1.807) is 0 Å². The second-order valence-corrected chi connectivity index (χ2v) is 7.10. The second kappa shape index (κ2) is 4.09. The number of fused-ring (bicyclic) bond motifs is 4. The number of hydrogen-bond acceptors (Lipinski definition) is 5. The third-order valence-electron chi connectivity index (χ3n) is 4.46. The Bertz CT molecular complexity index is 819. The van der Waals surface area contributed by atoms with Crippen molar-refractivity contribution in [2.24, 2.45) is 16.1 Å². The van der Waals surface area contributed by atoms with E-state index in [0.717, 1.165) is 17.5 Å². The fourth-order valence-electron chi connectivity index (χ4n) is 3.99. The number of rotatable bonds is 0. The lowest BCUT2D eigenvalue weighted by molar-refractivity contribution is -0.127. The van der Waals surface area contributed by atoms with Crippen molar-refractivity contribution in [3.8, 4) is 0 Å². The molecule has 4 rings (SSSR count). The number of guanidine groups is 1. The molecule has 1 spiro atoms. The van der Waals surface area contributed by atoms with Crippen LogP contribution in [0.3, 0.4) is 0 Å². The number of nitrogens with zero attached hydrogens (tertiary/aromatic N) is 3. The number of imidazole rings is 1. The second-order valence-electron chi connectivity index (χ2n) is 7.10. The van der Waals surface area contributed by atoms with Gasteiger partial charge in [0.15, 0.2) is 5.96 Å². The molecule has 0 saturated heterocycles. The highest BCUT2D eigenvalue weighted by Crippen LogP contribution is 2.48. The highest BCUT2D eigenvalue weighted by atomic mass is 16.1. The third-order valence-corrected chi connectivity index (χ3v) is 4.46. The van der Waals surface area contributed by atoms with E-state index < -0.39 is 5.66 Å². The highest BCUT2D eigenvalue weighted by molar-refractivity contribution is 5.95. The van der Waals surface area contributed by atoms with E-state index in [1.165, 1.54) is 0 Å². The molecule has 2 heterocycles. The van der Waals surface area contributed by atoms with Crippen molar-refractivity contribution in [2.45, 2.75) is 38.8 Å². The molecule has 2 aromatic rings. The third kappa shape index (κ3) is 1.83. The van der Waals surface area contributed by atoms with Gasteiger partial charge in [0.2, 0.25) is 5.95 Å². The molecule has 3 N–H and O–H groups in total. The summed E-state index contributed by atoms with van der Waals surface area (Å²) in [6.07, 6.45) is 1.72. The van der Waals surface area contributed by atoms with Crippen LogP contribution in [0.15, 0.2) is 29.3 Å². The van der Waals surface area contributed by atoms with Crippen LogP contribution in [-0.2, 0) is 10.5 Å². The van der Waals surface area contributed by atoms with Gasteiger partial charge in [-0.3, -0.25) is 14.7 Å². The van der Waals surface area contributed by atoms with E-state index in [1.807, 2.05) is 24.3 Å². The van der Waals surface area contributed by atoms with Crippen LogP contribution in [-0.4, -0.2) is 21.3 Å². The number of carbonyl (C=O) groups is 1. The number of carbonyl (C=O) groups excluding carboxylic acids is 1. The lowest BCUT2D eigenvalue weighted by Gasteiger charge is -2.44. The van der Waals surface area contributed by atoms with Crippen LogP contribution in [0.2, 0.25) is 0 Å². The summed E-state index contributed by atoms with van der Waals surface area (Å²) < 4.78 is 2.05. The van der Waals surface area contributed by atoms with Gasteiger partial charge in [-0.2, -0.15) is 0 Å². The Morgan fingerprint density at radius 1 is 1.27 bits per heavy atom. The van der Waals surface area contributed by atoms with Gasteiger partial charge in [-0.1, -0.05) is 26.0 Å². The molecular formula is C16H19N5O. The van der Waals surface area contributed by atoms with Crippen LogP contribution >= 0.6 is 0 Å². The van der Waals surface area contributed by atoms with Gasteiger partial charge in [0.25, 0.3) is 0 Å². The molecule has 1 aliphatic carbocycles. The fourth-order valence-corrected chi connectivity index (χ4v) is 3.99. The predicted molar refractivity (Wildman–Crippen MR) is 85.6 cm³/mol. The first-order valence-electron chi connectivity index (χ1n) is 7.51. The molecule has 1 unspecified atom stereocenters. The van der Waals surface area contributed by atoms with Crippen LogP contribution < -0.4 is 11.1 Å². The van der Waals surface area contributed by atoms with Gasteiger partial charge >= 0.3 is 0 Å². The Kier molecular flexibility index (Phi) is 2.47. The van der Waals surface area contributed by atoms with Gasteiger partial charge in [-0.05, 0) is 24.0 Å². The quantitative estimate of drug-likeness (QED) is 0.780. The lowest BCUT2D eigenvalue weighted by atomic mass is 9.71. The predicted octanol–water partition coefficient (Wildman–Crippen LogP) is 2.21. The largest absolute Gasteiger partial charge is 0.370 e. The van der Waals surface area contributed by atoms with Crippen LogP contribution in [0.25, 0.3) is 11.0 Å². The number of anilines is 1. The van der Waals surface area contributed by atoms with E-state index in [9.17, 15) is 4.79 Å². The summed E-state index contributed by atoms with van der Waals surface area (Å²) in [4.78, 5) is 21.6. The van der Waals surface area contributed by atoms with E-state index in [0.29, 0.717) is 24.7 Å². The van der Waals surface area contributed by atoms with Crippen molar-refractivity contribution in [2.75, 3.05) is 5.32 Å². The standard InChI is InChI=1S/C16H19N5O/c1-15(2)7-10(22)8-16(9-15)20-13(17)19-14-18-11-5-3-4-6-12(11)21(14)16/h3-6H,7-9H2,1-2H3,(H3,17,18,19,20). The molecule has 1 aromatic heterocycles. The zero-order valence-electron chi connectivity index (χ0n) is 12.8. The van der Waals surface area contributed by atoms with Gasteiger partial charge < -0.3 is 5.73 Å². The normalized spacial score (nSPS) is 26.6. The minimum Gasteiger partial charge on any atom is -0.370 e. The highest BCUT2D eigenvalue weighted by Gasteiger charge is 2.48. The summed E-state index contributed by atoms with van der Waals surface area (Å²) in [7, 11) is 0. The molecular weight excluding hydrogens is 278 g/mol. The molecule has 0 radical (unpaired) electrons. The topological polar surface area (TPSA) is 85.3 Å². The van der Waals surface area contributed by atoms with E-state index >= 15 is 0 Å². The first-order chi connectivity index (χ1) is 10.4. The number of Topliss-reactive ketones (excluding diaryl/α,β-unsaturated/α-hetero) is 1. The van der Waals surface area contributed by atoms with E-state index in [4.69, 9.17) is 5.73 Å². The molecule has 2 aliphatic rings. The van der Waals surface area contributed by atoms with Crippen molar-refractivity contribution in [1.29, 1.82) is 0 Å². The first-order valence-corrected chi connectivity index (χ1v) is 7.51. The minimum absolute atomic E-state index is 0.112. The van der Waals surface area contributed by atoms with Crippen LogP contribution in [0.1, 0.15) is 33.1 Å². The van der Waals surface area contributed by atoms with Crippen molar-refractivity contribution in [3.63, 3.8) is 0 Å². The molecule has 0 bridgehead atoms. The summed E-state index contributed by atoms with van der Waals surface area (Å²) in [6.45, 7) is 4.22. The Hall–Kier alpha value is -2.37. The van der Waals surface area contributed by atoms with Gasteiger partial charge in [-0.15, -0.1) is 0 Å². The Balaban J connectivity index is 2.00. The zero-order valence-corrected chi connectivity index (χ0v) is 12.8. The molecule has 6 heteroatoms. The average Bonchev–Trinajstić information content (AvgIpc) is 2.73. The maximum absolute atomic E-state index is 12.4. The van der Waals surface area contributed by atoms with Crippen LogP contribution in [0.4, 0.5) is 5.95 Å². The molecule has 1 fully saturated rings. The number of hydrogen-bond donors (Lipinski definition) is 2. The lowest BCUT2D eigenvalue weighted by Crippen LogP contribution is -2.49. The van der Waals surface area contributed by atoms with Crippen molar-refractivity contribution in [3.05, 3.63) is 24.3 Å². The SMILES string of the molecule is CC1(C)CC(=O)CC2(C1)N=C(N)Nc1nc3ccccc3n12. The summed E-state index contributed by atoms with van der Waals surface area (Å²) in [6, 6.07) is 7.90. The molecule has 22 heavy (non-hydrogen) atoms. The Morgan fingerprint density at radius 3 is 2.82 bits per heavy atom. The number of ketones is 1. The monoisotopic (exact) mass is 297 g/mol. The molecule has 114 valence electrons. The summed E-state index contributed by atoms with van der Waals surface area (Å²) in [5.41, 5.74) is 7.06. The molecule has 1 aliphatic heterocycles. The van der Waals surface area contributed by atoms with Crippen molar-refractivity contribution in [1.82, 2.24) is 9.55 Å². The van der Waals surface area contributed by atoms with E-state index in [-0.39, 0.29) is 11.2 Å². The summed E-state index contributed by atoms with van der Waals surface area (Å²) >= 11 is 0. The molecule has 0 amide bonds. The number of aromatic nitrogens is 2. The number of nitrogens with two attached hydrogens (primary N) is 1. The molecule has 1 atom stereocenters. The average molecular weight is 297 g/mol. The number of nitrogens with one attached hydrogen (secondary N) is 1. The number of para-hydroxylation sites is 2.